The Morgan fingerprint density at radius 1 is 1.19 bits per heavy atom. The summed E-state index contributed by atoms with van der Waals surface area (Å²) in [5.74, 6) is -3.74. The monoisotopic (exact) mass is 409 g/mol. The predicted octanol–water partition coefficient (Wildman–Crippen LogP) is 4.47. The minimum Gasteiger partial charge on any atom is -0.463 e. The predicted molar refractivity (Wildman–Crippen MR) is 88.7 cm³/mol. The molecule has 2 N–H and O–H groups in total. The molecule has 148 valence electrons. The van der Waals surface area contributed by atoms with E-state index in [2.05, 4.69) is 5.32 Å². The maximum absolute atomic E-state index is 13.3. The molecule has 1 heterocycles. The van der Waals surface area contributed by atoms with Crippen LogP contribution in [0.5, 0.6) is 0 Å². The Labute approximate surface area is 155 Å². The van der Waals surface area contributed by atoms with Gasteiger partial charge in [0, 0.05) is 23.4 Å². The highest BCUT2D eigenvalue weighted by Gasteiger charge is 2.56. The van der Waals surface area contributed by atoms with Crippen LogP contribution in [0.3, 0.4) is 0 Å². The summed E-state index contributed by atoms with van der Waals surface area (Å²) >= 11 is 0.309. The molecule has 0 aliphatic heterocycles. The van der Waals surface area contributed by atoms with E-state index in [4.69, 9.17) is 4.42 Å². The largest absolute Gasteiger partial charge is 0.463 e. The van der Waals surface area contributed by atoms with Gasteiger partial charge in [-0.05, 0) is 43.3 Å². The zero-order chi connectivity index (χ0) is 20.2. The number of nitrogens with one attached hydrogen (secondary N) is 1. The second-order valence-electron chi connectivity index (χ2n) is 5.68. The highest BCUT2D eigenvalue weighted by Crippen LogP contribution is 2.42. The van der Waals surface area contributed by atoms with Crippen molar-refractivity contribution in [1.82, 2.24) is 5.32 Å². The number of thioether (sulfide) groups is 1. The molecule has 0 saturated carbocycles. The molecule has 0 spiro atoms. The molecule has 2 aromatic rings. The number of rotatable bonds is 7. The number of aryl methyl sites for hydroxylation is 1. The second-order valence-corrected chi connectivity index (χ2v) is 6.74. The second kappa shape index (κ2) is 8.30. The summed E-state index contributed by atoms with van der Waals surface area (Å²) in [6.07, 6.45) is -5.86. The van der Waals surface area contributed by atoms with Crippen LogP contribution in [0, 0.1) is 6.92 Å². The summed E-state index contributed by atoms with van der Waals surface area (Å²) < 4.78 is 69.4. The van der Waals surface area contributed by atoms with Gasteiger partial charge >= 0.3 is 6.18 Å². The first-order valence-corrected chi connectivity index (χ1v) is 8.60. The molecule has 10 heteroatoms. The molecular formula is C17H16F5NO3S. The molecule has 0 radical (unpaired) electrons. The quantitative estimate of drug-likeness (QED) is 0.523. The zero-order valence-corrected chi connectivity index (χ0v) is 14.8. The van der Waals surface area contributed by atoms with Gasteiger partial charge in [0.2, 0.25) is 5.60 Å². The highest BCUT2D eigenvalue weighted by molar-refractivity contribution is 7.99. The average molecular weight is 409 g/mol. The minimum atomic E-state index is -5.00. The van der Waals surface area contributed by atoms with E-state index in [1.165, 1.54) is 37.3 Å². The summed E-state index contributed by atoms with van der Waals surface area (Å²) in [5.41, 5.74) is -3.15. The zero-order valence-electron chi connectivity index (χ0n) is 14.0. The van der Waals surface area contributed by atoms with Crippen molar-refractivity contribution >= 4 is 17.7 Å². The number of carbonyl (C=O) groups is 1. The smallest absolute Gasteiger partial charge is 0.424 e. The number of aliphatic hydroxyl groups is 1. The molecule has 2 rings (SSSR count). The lowest BCUT2D eigenvalue weighted by molar-refractivity contribution is -0.274. The molecule has 1 aromatic carbocycles. The molecule has 1 atom stereocenters. The van der Waals surface area contributed by atoms with Crippen molar-refractivity contribution in [2.75, 3.05) is 6.54 Å². The summed E-state index contributed by atoms with van der Waals surface area (Å²) in [6.45, 7) is 0.959. The number of hydrogen-bond acceptors (Lipinski definition) is 4. The van der Waals surface area contributed by atoms with Crippen LogP contribution < -0.4 is 5.32 Å². The van der Waals surface area contributed by atoms with Crippen LogP contribution in [0.1, 0.15) is 28.3 Å². The average Bonchev–Trinajstić information content (AvgIpc) is 3.00. The maximum Gasteiger partial charge on any atom is 0.424 e. The molecule has 0 fully saturated rings. The van der Waals surface area contributed by atoms with Gasteiger partial charge in [0.25, 0.3) is 11.7 Å². The van der Waals surface area contributed by atoms with Crippen molar-refractivity contribution in [1.29, 1.82) is 0 Å². The first-order valence-electron chi connectivity index (χ1n) is 7.72. The fourth-order valence-electron chi connectivity index (χ4n) is 2.31. The summed E-state index contributed by atoms with van der Waals surface area (Å²) in [6, 6.07) is 7.51. The molecule has 0 aliphatic carbocycles. The van der Waals surface area contributed by atoms with Gasteiger partial charge in [-0.2, -0.15) is 22.0 Å². The lowest BCUT2D eigenvalue weighted by Gasteiger charge is -2.28. The van der Waals surface area contributed by atoms with E-state index in [-0.39, 0.29) is 16.2 Å². The lowest BCUT2D eigenvalue weighted by atomic mass is 9.95. The number of amides is 1. The fourth-order valence-corrected chi connectivity index (χ4v) is 2.81. The van der Waals surface area contributed by atoms with Crippen LogP contribution >= 0.6 is 11.8 Å². The molecule has 0 aliphatic rings. The number of benzene rings is 1. The minimum absolute atomic E-state index is 0.0954. The van der Waals surface area contributed by atoms with E-state index in [0.29, 0.717) is 11.8 Å². The summed E-state index contributed by atoms with van der Waals surface area (Å²) in [4.78, 5) is 12.3. The van der Waals surface area contributed by atoms with Gasteiger partial charge in [-0.1, -0.05) is 11.8 Å². The van der Waals surface area contributed by atoms with Crippen molar-refractivity contribution in [2.45, 2.75) is 35.8 Å². The van der Waals surface area contributed by atoms with E-state index in [9.17, 15) is 31.9 Å². The van der Waals surface area contributed by atoms with Crippen molar-refractivity contribution in [3.63, 3.8) is 0 Å². The standard InChI is InChI=1S/C17H16F5NO3S/c1-10-2-7-13(26-10)16(25,17(20,21)22)8-9-23-14(24)11-3-5-12(6-4-11)27-15(18)19/h2-7,15,25H,8-9H2,1H3,(H,23,24). The van der Waals surface area contributed by atoms with Crippen molar-refractivity contribution in [2.24, 2.45) is 0 Å². The third-order valence-electron chi connectivity index (χ3n) is 3.73. The van der Waals surface area contributed by atoms with Crippen molar-refractivity contribution in [3.8, 4) is 0 Å². The van der Waals surface area contributed by atoms with Crippen LogP contribution in [0.25, 0.3) is 0 Å². The maximum atomic E-state index is 13.3. The topological polar surface area (TPSA) is 62.5 Å². The van der Waals surface area contributed by atoms with E-state index in [0.717, 1.165) is 6.07 Å². The molecule has 4 nitrogen and oxygen atoms in total. The molecule has 1 aromatic heterocycles. The fraction of sp³-hybridized carbons (Fsp3) is 0.353. The molecular weight excluding hydrogens is 393 g/mol. The Morgan fingerprint density at radius 2 is 1.81 bits per heavy atom. The van der Waals surface area contributed by atoms with Crippen molar-refractivity contribution < 1.29 is 36.3 Å². The van der Waals surface area contributed by atoms with Gasteiger partial charge in [0.15, 0.2) is 0 Å². The Bertz CT molecular complexity index is 776. The first-order chi connectivity index (χ1) is 12.5. The van der Waals surface area contributed by atoms with E-state index >= 15 is 0 Å². The van der Waals surface area contributed by atoms with Gasteiger partial charge in [0.05, 0.1) is 0 Å². The van der Waals surface area contributed by atoms with Gasteiger partial charge in [-0.3, -0.25) is 4.79 Å². The van der Waals surface area contributed by atoms with Crippen LogP contribution in [0.4, 0.5) is 22.0 Å². The van der Waals surface area contributed by atoms with Crippen LogP contribution in [0.2, 0.25) is 0 Å². The molecule has 1 unspecified atom stereocenters. The van der Waals surface area contributed by atoms with Crippen LogP contribution in [-0.2, 0) is 5.60 Å². The SMILES string of the molecule is Cc1ccc(C(O)(CCNC(=O)c2ccc(SC(F)F)cc2)C(F)(F)F)o1. The summed E-state index contributed by atoms with van der Waals surface area (Å²) in [7, 11) is 0. The molecule has 0 saturated heterocycles. The lowest BCUT2D eigenvalue weighted by Crippen LogP contribution is -2.44. The van der Waals surface area contributed by atoms with Gasteiger partial charge in [0.1, 0.15) is 11.5 Å². The van der Waals surface area contributed by atoms with Crippen molar-refractivity contribution in [3.05, 3.63) is 53.5 Å². The van der Waals surface area contributed by atoms with E-state index < -0.39 is 42.2 Å². The van der Waals surface area contributed by atoms with Crippen LogP contribution in [0.15, 0.2) is 45.7 Å². The third-order valence-corrected chi connectivity index (χ3v) is 4.45. The Morgan fingerprint density at radius 3 is 2.30 bits per heavy atom. The Hall–Kier alpha value is -2.07. The molecule has 27 heavy (non-hydrogen) atoms. The number of alkyl halides is 5. The third kappa shape index (κ3) is 5.23. The van der Waals surface area contributed by atoms with Gasteiger partial charge in [-0.15, -0.1) is 0 Å². The molecule has 1 amide bonds. The number of furan rings is 1. The Kier molecular flexibility index (Phi) is 6.53. The molecule has 0 bridgehead atoms. The van der Waals surface area contributed by atoms with Gasteiger partial charge < -0.3 is 14.8 Å². The summed E-state index contributed by atoms with van der Waals surface area (Å²) in [5, 5.41) is 12.4. The first kappa shape index (κ1) is 21.2. The van der Waals surface area contributed by atoms with E-state index in [1.807, 2.05) is 0 Å². The highest BCUT2D eigenvalue weighted by atomic mass is 32.2. The normalized spacial score (nSPS) is 14.2. The number of halogens is 5. The van der Waals surface area contributed by atoms with E-state index in [1.54, 1.807) is 0 Å². The Balaban J connectivity index is 2.01. The number of carbonyl (C=O) groups excluding carboxylic acids is 1. The number of hydrogen-bond donors (Lipinski definition) is 2. The van der Waals surface area contributed by atoms with Gasteiger partial charge in [-0.25, -0.2) is 0 Å². The van der Waals surface area contributed by atoms with Crippen LogP contribution in [-0.4, -0.2) is 29.5 Å².